The molecule has 0 aromatic carbocycles. The number of rotatable bonds is 13. The second kappa shape index (κ2) is 13.2. The van der Waals surface area contributed by atoms with Crippen LogP contribution in [0.5, 0.6) is 11.6 Å². The zero-order valence-electron chi connectivity index (χ0n) is 28.4. The molecule has 256 valence electrons. The van der Waals surface area contributed by atoms with Crippen LogP contribution in [0.2, 0.25) is 0 Å². The Morgan fingerprint density at radius 1 is 1.02 bits per heavy atom. The van der Waals surface area contributed by atoms with Gasteiger partial charge in [-0.2, -0.15) is 10.2 Å². The van der Waals surface area contributed by atoms with Gasteiger partial charge in [0, 0.05) is 12.0 Å². The summed E-state index contributed by atoms with van der Waals surface area (Å²) in [6, 6.07) is 3.69. The molecule has 0 unspecified atom stereocenters. The van der Waals surface area contributed by atoms with Gasteiger partial charge >= 0.3 is 12.1 Å². The maximum absolute atomic E-state index is 13.4. The molecular weight excluding hydrogens is 606 g/mol. The molecule has 0 radical (unpaired) electrons. The highest BCUT2D eigenvalue weighted by molar-refractivity contribution is 6.01. The molecule has 2 saturated carbocycles. The first kappa shape index (κ1) is 34.2. The van der Waals surface area contributed by atoms with Crippen LogP contribution in [0, 0.1) is 5.41 Å². The summed E-state index contributed by atoms with van der Waals surface area (Å²) < 4.78 is 25.3. The highest BCUT2D eigenvalue weighted by Crippen LogP contribution is 2.47. The Kier molecular flexibility index (Phi) is 9.59. The van der Waals surface area contributed by atoms with Crippen LogP contribution in [0.3, 0.4) is 0 Å². The number of nitrogens with one attached hydrogen (secondary N) is 1. The second-order valence-corrected chi connectivity index (χ2v) is 14.3. The number of fused-ring (bicyclic) bond motifs is 1. The fraction of sp³-hybridized carbons (Fsp3) is 0.618. The van der Waals surface area contributed by atoms with E-state index in [0.29, 0.717) is 29.2 Å². The SMILES string of the molecule is CCOC(=O)c1cnn(C(=O)OC(C)(C)C)c1OCCC1(CC)CC(NC(=O)c2cnn3c(C4CC4)c(OCC(C)(C)O)ccc23)C1. The predicted molar refractivity (Wildman–Crippen MR) is 172 cm³/mol. The number of carbonyl (C=O) groups is 3. The van der Waals surface area contributed by atoms with E-state index in [9.17, 15) is 19.5 Å². The van der Waals surface area contributed by atoms with Gasteiger partial charge in [0.25, 0.3) is 5.91 Å². The zero-order chi connectivity index (χ0) is 34.1. The average molecular weight is 654 g/mol. The van der Waals surface area contributed by atoms with Gasteiger partial charge in [0.05, 0.1) is 48.0 Å². The Morgan fingerprint density at radius 2 is 1.72 bits per heavy atom. The molecular formula is C34H47N5O8. The molecule has 0 atom stereocenters. The summed E-state index contributed by atoms with van der Waals surface area (Å²) >= 11 is 0. The lowest BCUT2D eigenvalue weighted by Crippen LogP contribution is -2.51. The summed E-state index contributed by atoms with van der Waals surface area (Å²) in [5.41, 5.74) is 0.386. The number of hydrogen-bond donors (Lipinski definition) is 2. The number of aliphatic hydroxyl groups is 1. The third kappa shape index (κ3) is 7.89. The molecule has 5 rings (SSSR count). The lowest BCUT2D eigenvalue weighted by molar-refractivity contribution is 0.0279. The average Bonchev–Trinajstić information content (AvgIpc) is 3.56. The van der Waals surface area contributed by atoms with Crippen LogP contribution in [0.25, 0.3) is 5.52 Å². The highest BCUT2D eigenvalue weighted by Gasteiger charge is 2.44. The van der Waals surface area contributed by atoms with Crippen molar-refractivity contribution in [1.29, 1.82) is 0 Å². The second-order valence-electron chi connectivity index (χ2n) is 14.3. The van der Waals surface area contributed by atoms with Crippen molar-refractivity contribution in [2.75, 3.05) is 19.8 Å². The summed E-state index contributed by atoms with van der Waals surface area (Å²) in [5.74, 6) is 0.151. The molecule has 47 heavy (non-hydrogen) atoms. The van der Waals surface area contributed by atoms with E-state index in [2.05, 4.69) is 22.4 Å². The van der Waals surface area contributed by atoms with Crippen molar-refractivity contribution in [2.24, 2.45) is 5.41 Å². The smallest absolute Gasteiger partial charge is 0.438 e. The molecule has 3 aromatic heterocycles. The van der Waals surface area contributed by atoms with E-state index in [1.54, 1.807) is 52.3 Å². The lowest BCUT2D eigenvalue weighted by atomic mass is 9.62. The Balaban J connectivity index is 1.22. The van der Waals surface area contributed by atoms with Crippen molar-refractivity contribution in [3.8, 4) is 11.6 Å². The first-order valence-electron chi connectivity index (χ1n) is 16.4. The van der Waals surface area contributed by atoms with Gasteiger partial charge in [-0.15, -0.1) is 4.68 Å². The van der Waals surface area contributed by atoms with Crippen molar-refractivity contribution >= 4 is 23.5 Å². The van der Waals surface area contributed by atoms with Crippen molar-refractivity contribution in [1.82, 2.24) is 24.7 Å². The van der Waals surface area contributed by atoms with Crippen molar-refractivity contribution in [3.63, 3.8) is 0 Å². The van der Waals surface area contributed by atoms with Crippen LogP contribution in [0.4, 0.5) is 4.79 Å². The zero-order valence-corrected chi connectivity index (χ0v) is 28.4. The number of carbonyl (C=O) groups excluding carboxylic acids is 3. The van der Waals surface area contributed by atoms with E-state index in [1.165, 1.54) is 6.20 Å². The Bertz CT molecular complexity index is 1620. The van der Waals surface area contributed by atoms with E-state index in [0.717, 1.165) is 42.5 Å². The van der Waals surface area contributed by atoms with E-state index < -0.39 is 23.3 Å². The number of esters is 1. The number of nitrogens with zero attached hydrogens (tertiary/aromatic N) is 4. The van der Waals surface area contributed by atoms with E-state index >= 15 is 0 Å². The minimum Gasteiger partial charge on any atom is -0.489 e. The molecule has 1 amide bonds. The van der Waals surface area contributed by atoms with Gasteiger partial charge in [0.15, 0.2) is 0 Å². The fourth-order valence-corrected chi connectivity index (χ4v) is 5.98. The van der Waals surface area contributed by atoms with Crippen LogP contribution < -0.4 is 14.8 Å². The summed E-state index contributed by atoms with van der Waals surface area (Å²) in [7, 11) is 0. The third-order valence-corrected chi connectivity index (χ3v) is 8.57. The van der Waals surface area contributed by atoms with E-state index in [4.69, 9.17) is 18.9 Å². The fourth-order valence-electron chi connectivity index (χ4n) is 5.98. The number of pyridine rings is 1. The van der Waals surface area contributed by atoms with E-state index in [1.807, 2.05) is 12.1 Å². The molecule has 3 aromatic rings. The molecule has 2 fully saturated rings. The Labute approximate surface area is 274 Å². The number of amides is 1. The van der Waals surface area contributed by atoms with Crippen LogP contribution in [0.1, 0.15) is 119 Å². The predicted octanol–water partition coefficient (Wildman–Crippen LogP) is 5.28. The van der Waals surface area contributed by atoms with Gasteiger partial charge in [0.1, 0.15) is 23.5 Å². The molecule has 2 N–H and O–H groups in total. The van der Waals surface area contributed by atoms with Crippen molar-refractivity contribution in [3.05, 3.63) is 41.3 Å². The Morgan fingerprint density at radius 3 is 2.34 bits per heavy atom. The normalized spacial score (nSPS) is 19.6. The monoisotopic (exact) mass is 653 g/mol. The molecule has 0 saturated heterocycles. The minimum absolute atomic E-state index is 0.0135. The van der Waals surface area contributed by atoms with Gasteiger partial charge in [-0.3, -0.25) is 4.79 Å². The quantitative estimate of drug-likeness (QED) is 0.233. The van der Waals surface area contributed by atoms with Crippen LogP contribution >= 0.6 is 0 Å². The first-order valence-corrected chi connectivity index (χ1v) is 16.4. The first-order chi connectivity index (χ1) is 22.1. The van der Waals surface area contributed by atoms with Gasteiger partial charge in [0.2, 0.25) is 5.88 Å². The van der Waals surface area contributed by atoms with Gasteiger partial charge in [-0.05, 0) is 91.2 Å². The van der Waals surface area contributed by atoms with Crippen LogP contribution in [-0.4, -0.2) is 79.5 Å². The van der Waals surface area contributed by atoms with Gasteiger partial charge in [-0.25, -0.2) is 14.1 Å². The highest BCUT2D eigenvalue weighted by atomic mass is 16.6. The third-order valence-electron chi connectivity index (χ3n) is 8.57. The summed E-state index contributed by atoms with van der Waals surface area (Å²) in [5, 5.41) is 21.9. The minimum atomic E-state index is -0.970. The molecule has 2 aliphatic rings. The number of ether oxygens (including phenoxy) is 4. The lowest BCUT2D eigenvalue weighted by Gasteiger charge is -2.47. The topological polar surface area (TPSA) is 156 Å². The number of aromatic nitrogens is 4. The van der Waals surface area contributed by atoms with E-state index in [-0.39, 0.29) is 48.6 Å². The summed E-state index contributed by atoms with van der Waals surface area (Å²) in [6.07, 6.45) is 7.18. The van der Waals surface area contributed by atoms with Crippen molar-refractivity contribution in [2.45, 2.75) is 110 Å². The maximum Gasteiger partial charge on any atom is 0.438 e. The van der Waals surface area contributed by atoms with Crippen molar-refractivity contribution < 1.29 is 38.4 Å². The molecule has 13 nitrogen and oxygen atoms in total. The Hall–Kier alpha value is -4.13. The van der Waals surface area contributed by atoms with Gasteiger partial charge in [-0.1, -0.05) is 13.3 Å². The molecule has 0 bridgehead atoms. The molecule has 13 heteroatoms. The summed E-state index contributed by atoms with van der Waals surface area (Å²) in [4.78, 5) is 38.8. The maximum atomic E-state index is 13.4. The molecule has 0 spiro atoms. The molecule has 2 aliphatic carbocycles. The molecule has 0 aliphatic heterocycles. The largest absolute Gasteiger partial charge is 0.489 e. The molecule has 3 heterocycles. The van der Waals surface area contributed by atoms with Gasteiger partial charge < -0.3 is 29.4 Å². The van der Waals surface area contributed by atoms with Crippen LogP contribution in [-0.2, 0) is 9.47 Å². The number of hydrogen-bond acceptors (Lipinski definition) is 10. The standard InChI is InChI=1S/C34H47N5O8/c1-8-34(14-15-45-29-24(30(41)44-9-2)19-36-39(29)31(42)47-32(3,4)5)16-22(17-34)37-28(40)23-18-35-38-25(23)12-13-26(27(38)21-10-11-21)46-20-33(6,7)43/h12-13,18-19,21-22,43H,8-11,14-17,20H2,1-7H3,(H,37,40). The summed E-state index contributed by atoms with van der Waals surface area (Å²) in [6.45, 7) is 13.0. The van der Waals surface area contributed by atoms with Crippen LogP contribution in [0.15, 0.2) is 24.5 Å².